The van der Waals surface area contributed by atoms with Crippen molar-refractivity contribution in [2.45, 2.75) is 26.5 Å². The summed E-state index contributed by atoms with van der Waals surface area (Å²) >= 11 is 0. The molecule has 6 heteroatoms. The fourth-order valence-electron chi connectivity index (χ4n) is 2.15. The van der Waals surface area contributed by atoms with Gasteiger partial charge in [0.25, 0.3) is 0 Å². The lowest BCUT2D eigenvalue weighted by molar-refractivity contribution is 0.284. The topological polar surface area (TPSA) is 68.9 Å². The van der Waals surface area contributed by atoms with Gasteiger partial charge in [0.1, 0.15) is 6.61 Å². The molecule has 0 aromatic heterocycles. The highest BCUT2D eigenvalue weighted by molar-refractivity contribution is 14.0. The van der Waals surface area contributed by atoms with Crippen LogP contribution in [-0.2, 0) is 13.2 Å². The Morgan fingerprint density at radius 3 is 2.52 bits per heavy atom. The first-order valence-corrected chi connectivity index (χ1v) is 8.10. The molecule has 0 bridgehead atoms. The standard InChI is InChI=1S/C19H25N3O2.HI/c1-3-11-21-19(20)22-13-16-9-10-17(18(12-16)23-2)24-14-15-7-5-4-6-8-15;/h4-10,12H,3,11,13-14H2,1-2H3,(H3,20,21,22);1H. The summed E-state index contributed by atoms with van der Waals surface area (Å²) in [5, 5.41) is 3.05. The molecule has 0 unspecified atom stereocenters. The van der Waals surface area contributed by atoms with Crippen LogP contribution < -0.4 is 20.5 Å². The molecule has 0 heterocycles. The van der Waals surface area contributed by atoms with Gasteiger partial charge < -0.3 is 20.5 Å². The van der Waals surface area contributed by atoms with Crippen molar-refractivity contribution in [3.05, 3.63) is 59.7 Å². The monoisotopic (exact) mass is 455 g/mol. The second-order valence-electron chi connectivity index (χ2n) is 5.39. The average Bonchev–Trinajstić information content (AvgIpc) is 2.64. The second-order valence-corrected chi connectivity index (χ2v) is 5.39. The van der Waals surface area contributed by atoms with Gasteiger partial charge in [0, 0.05) is 6.54 Å². The predicted molar refractivity (Wildman–Crippen MR) is 113 cm³/mol. The molecule has 25 heavy (non-hydrogen) atoms. The zero-order valence-corrected chi connectivity index (χ0v) is 17.0. The molecule has 0 amide bonds. The summed E-state index contributed by atoms with van der Waals surface area (Å²) in [6, 6.07) is 15.8. The molecule has 0 aliphatic carbocycles. The Kier molecular flexibility index (Phi) is 9.76. The number of benzene rings is 2. The molecule has 2 aromatic rings. The average molecular weight is 455 g/mol. The Labute approximate surface area is 166 Å². The number of hydrogen-bond donors (Lipinski definition) is 2. The fraction of sp³-hybridized carbons (Fsp3) is 0.316. The van der Waals surface area contributed by atoms with Crippen molar-refractivity contribution in [3.63, 3.8) is 0 Å². The van der Waals surface area contributed by atoms with E-state index >= 15 is 0 Å². The van der Waals surface area contributed by atoms with Gasteiger partial charge in [0.2, 0.25) is 0 Å². The molecule has 2 rings (SSSR count). The molecule has 136 valence electrons. The van der Waals surface area contributed by atoms with Gasteiger partial charge >= 0.3 is 0 Å². The number of nitrogens with zero attached hydrogens (tertiary/aromatic N) is 1. The number of hydrogen-bond acceptors (Lipinski definition) is 3. The third kappa shape index (κ3) is 7.21. The van der Waals surface area contributed by atoms with E-state index in [1.54, 1.807) is 7.11 Å². The second kappa shape index (κ2) is 11.6. The number of guanidine groups is 1. The van der Waals surface area contributed by atoms with E-state index in [1.807, 2.05) is 48.5 Å². The SMILES string of the molecule is CCCNC(N)=NCc1ccc(OCc2ccccc2)c(OC)c1.I. The van der Waals surface area contributed by atoms with Crippen molar-refractivity contribution in [1.29, 1.82) is 0 Å². The summed E-state index contributed by atoms with van der Waals surface area (Å²) in [6.07, 6.45) is 1.01. The van der Waals surface area contributed by atoms with Crippen LogP contribution in [0.3, 0.4) is 0 Å². The molecule has 0 radical (unpaired) electrons. The highest BCUT2D eigenvalue weighted by Crippen LogP contribution is 2.29. The van der Waals surface area contributed by atoms with Crippen molar-refractivity contribution in [2.24, 2.45) is 10.7 Å². The first-order chi connectivity index (χ1) is 11.7. The molecule has 0 spiro atoms. The number of halogens is 1. The number of methoxy groups -OCH3 is 1. The largest absolute Gasteiger partial charge is 0.493 e. The number of aliphatic imine (C=N–C) groups is 1. The minimum absolute atomic E-state index is 0. The predicted octanol–water partition coefficient (Wildman–Crippen LogP) is 3.71. The van der Waals surface area contributed by atoms with Crippen LogP contribution in [0.4, 0.5) is 0 Å². The van der Waals surface area contributed by atoms with Gasteiger partial charge in [-0.15, -0.1) is 24.0 Å². The number of ether oxygens (including phenoxy) is 2. The van der Waals surface area contributed by atoms with Crippen molar-refractivity contribution in [1.82, 2.24) is 5.32 Å². The van der Waals surface area contributed by atoms with Gasteiger partial charge in [-0.1, -0.05) is 43.3 Å². The molecule has 0 atom stereocenters. The van der Waals surface area contributed by atoms with E-state index in [9.17, 15) is 0 Å². The van der Waals surface area contributed by atoms with Gasteiger partial charge in [0.05, 0.1) is 13.7 Å². The molecular weight excluding hydrogens is 429 g/mol. The van der Waals surface area contributed by atoms with Crippen LogP contribution in [-0.4, -0.2) is 19.6 Å². The van der Waals surface area contributed by atoms with Gasteiger partial charge in [-0.3, -0.25) is 0 Å². The zero-order chi connectivity index (χ0) is 17.2. The highest BCUT2D eigenvalue weighted by atomic mass is 127. The first kappa shape index (κ1) is 21.1. The van der Waals surface area contributed by atoms with Crippen molar-refractivity contribution in [3.8, 4) is 11.5 Å². The summed E-state index contributed by atoms with van der Waals surface area (Å²) in [7, 11) is 1.63. The molecular formula is C19H26IN3O2. The van der Waals surface area contributed by atoms with Crippen LogP contribution in [0, 0.1) is 0 Å². The van der Waals surface area contributed by atoms with Crippen molar-refractivity contribution in [2.75, 3.05) is 13.7 Å². The molecule has 2 aromatic carbocycles. The number of rotatable bonds is 8. The molecule has 0 fully saturated rings. The van der Waals surface area contributed by atoms with Gasteiger partial charge in [-0.2, -0.15) is 0 Å². The first-order valence-electron chi connectivity index (χ1n) is 8.10. The van der Waals surface area contributed by atoms with Crippen LogP contribution in [0.2, 0.25) is 0 Å². The molecule has 0 saturated carbocycles. The van der Waals surface area contributed by atoms with Gasteiger partial charge in [-0.25, -0.2) is 4.99 Å². The number of nitrogens with one attached hydrogen (secondary N) is 1. The van der Waals surface area contributed by atoms with Crippen LogP contribution in [0.5, 0.6) is 11.5 Å². The van der Waals surface area contributed by atoms with Gasteiger partial charge in [0.15, 0.2) is 17.5 Å². The summed E-state index contributed by atoms with van der Waals surface area (Å²) in [5.74, 6) is 1.87. The summed E-state index contributed by atoms with van der Waals surface area (Å²) in [5.41, 5.74) is 7.93. The summed E-state index contributed by atoms with van der Waals surface area (Å²) in [6.45, 7) is 3.91. The Morgan fingerprint density at radius 1 is 1.08 bits per heavy atom. The van der Waals surface area contributed by atoms with E-state index in [4.69, 9.17) is 15.2 Å². The van der Waals surface area contributed by atoms with E-state index in [-0.39, 0.29) is 24.0 Å². The number of nitrogens with two attached hydrogens (primary N) is 1. The van der Waals surface area contributed by atoms with E-state index in [2.05, 4.69) is 17.2 Å². The molecule has 0 aliphatic heterocycles. The Balaban J connectivity index is 0.00000312. The minimum Gasteiger partial charge on any atom is -0.493 e. The van der Waals surface area contributed by atoms with E-state index < -0.39 is 0 Å². The van der Waals surface area contributed by atoms with Crippen molar-refractivity contribution >= 4 is 29.9 Å². The Morgan fingerprint density at radius 2 is 1.84 bits per heavy atom. The third-order valence-corrected chi connectivity index (χ3v) is 3.45. The van der Waals surface area contributed by atoms with Crippen LogP contribution in [0.1, 0.15) is 24.5 Å². The minimum atomic E-state index is 0. The van der Waals surface area contributed by atoms with Crippen LogP contribution in [0.25, 0.3) is 0 Å². The smallest absolute Gasteiger partial charge is 0.188 e. The molecule has 0 saturated heterocycles. The molecule has 0 aliphatic rings. The van der Waals surface area contributed by atoms with E-state index in [0.717, 1.165) is 24.1 Å². The quantitative estimate of drug-likeness (QED) is 0.362. The van der Waals surface area contributed by atoms with Crippen LogP contribution >= 0.6 is 24.0 Å². The third-order valence-electron chi connectivity index (χ3n) is 3.45. The zero-order valence-electron chi connectivity index (χ0n) is 14.7. The maximum absolute atomic E-state index is 5.85. The van der Waals surface area contributed by atoms with E-state index in [1.165, 1.54) is 0 Å². The lowest BCUT2D eigenvalue weighted by Crippen LogP contribution is -2.32. The maximum atomic E-state index is 5.85. The fourth-order valence-corrected chi connectivity index (χ4v) is 2.15. The lowest BCUT2D eigenvalue weighted by atomic mass is 10.2. The Bertz CT molecular complexity index is 663. The highest BCUT2D eigenvalue weighted by Gasteiger charge is 2.06. The summed E-state index contributed by atoms with van der Waals surface area (Å²) < 4.78 is 11.3. The lowest BCUT2D eigenvalue weighted by Gasteiger charge is -2.12. The van der Waals surface area contributed by atoms with Gasteiger partial charge in [-0.05, 0) is 29.7 Å². The van der Waals surface area contributed by atoms with E-state index in [0.29, 0.717) is 30.6 Å². The maximum Gasteiger partial charge on any atom is 0.188 e. The van der Waals surface area contributed by atoms with Crippen LogP contribution in [0.15, 0.2) is 53.5 Å². The molecule has 3 N–H and O–H groups in total. The molecule has 5 nitrogen and oxygen atoms in total. The van der Waals surface area contributed by atoms with Crippen molar-refractivity contribution < 1.29 is 9.47 Å². The Hall–Kier alpha value is -1.96. The summed E-state index contributed by atoms with van der Waals surface area (Å²) in [4.78, 5) is 4.32. The normalized spacial score (nSPS) is 10.7.